The largest absolute Gasteiger partial charge is 0.387 e. The first-order valence-corrected chi connectivity index (χ1v) is 9.07. The lowest BCUT2D eigenvalue weighted by molar-refractivity contribution is -0.194. The molecule has 3 fully saturated rings. The number of carbonyl (C=O) groups excluding carboxylic acids is 1. The van der Waals surface area contributed by atoms with Crippen molar-refractivity contribution < 1.29 is 24.6 Å². The second-order valence-corrected chi connectivity index (χ2v) is 7.60. The summed E-state index contributed by atoms with van der Waals surface area (Å²) in [7, 11) is 1.45. The fourth-order valence-corrected chi connectivity index (χ4v) is 5.57. The molecular weight excluding hydrogens is 336 g/mol. The second kappa shape index (κ2) is 5.13. The van der Waals surface area contributed by atoms with Crippen molar-refractivity contribution in [2.24, 2.45) is 10.9 Å². The van der Waals surface area contributed by atoms with Gasteiger partial charge in [-0.15, -0.1) is 0 Å². The van der Waals surface area contributed by atoms with Gasteiger partial charge in [0.1, 0.15) is 23.2 Å². The van der Waals surface area contributed by atoms with E-state index in [1.165, 1.54) is 12.2 Å². The van der Waals surface area contributed by atoms with Gasteiger partial charge < -0.3 is 14.9 Å². The molecule has 2 N–H and O–H groups in total. The van der Waals surface area contributed by atoms with E-state index >= 15 is 0 Å². The highest BCUT2D eigenvalue weighted by molar-refractivity contribution is 6.08. The molecule has 0 unspecified atom stereocenters. The number of hydroxylamine groups is 1. The highest BCUT2D eigenvalue weighted by Gasteiger charge is 2.72. The molecule has 7 heteroatoms. The van der Waals surface area contributed by atoms with Crippen LogP contribution in [0.25, 0.3) is 0 Å². The van der Waals surface area contributed by atoms with Crippen molar-refractivity contribution in [2.45, 2.75) is 49.0 Å². The van der Waals surface area contributed by atoms with Gasteiger partial charge in [0.2, 0.25) is 0 Å². The van der Waals surface area contributed by atoms with E-state index in [1.54, 1.807) is 0 Å². The maximum Gasteiger partial charge on any atom is 0.264 e. The Morgan fingerprint density at radius 3 is 2.92 bits per heavy atom. The van der Waals surface area contributed by atoms with Crippen LogP contribution in [0.5, 0.6) is 0 Å². The predicted octanol–water partition coefficient (Wildman–Crippen LogP) is 0.576. The van der Waals surface area contributed by atoms with Crippen molar-refractivity contribution in [1.29, 1.82) is 0 Å². The van der Waals surface area contributed by atoms with Crippen LogP contribution in [0.4, 0.5) is 5.69 Å². The van der Waals surface area contributed by atoms with Gasteiger partial charge in [-0.05, 0) is 24.5 Å². The minimum absolute atomic E-state index is 0.268. The van der Waals surface area contributed by atoms with Crippen molar-refractivity contribution >= 4 is 17.3 Å². The number of amides is 1. The van der Waals surface area contributed by atoms with Gasteiger partial charge in [-0.25, -0.2) is 0 Å². The lowest BCUT2D eigenvalue weighted by atomic mass is 9.69. The van der Waals surface area contributed by atoms with Gasteiger partial charge in [-0.1, -0.05) is 25.1 Å². The van der Waals surface area contributed by atoms with E-state index in [0.29, 0.717) is 24.2 Å². The van der Waals surface area contributed by atoms with E-state index < -0.39 is 23.2 Å². The third kappa shape index (κ3) is 1.59. The summed E-state index contributed by atoms with van der Waals surface area (Å²) in [5.41, 5.74) is -0.504. The van der Waals surface area contributed by atoms with Crippen molar-refractivity contribution in [3.05, 3.63) is 29.8 Å². The molecule has 0 radical (unpaired) electrons. The summed E-state index contributed by atoms with van der Waals surface area (Å²) in [6.07, 6.45) is -1.11. The molecule has 6 atom stereocenters. The Morgan fingerprint density at radius 2 is 2.19 bits per heavy atom. The molecule has 7 nitrogen and oxygen atoms in total. The van der Waals surface area contributed by atoms with Crippen LogP contribution in [0.1, 0.15) is 25.3 Å². The average Bonchev–Trinajstić information content (AvgIpc) is 2.95. The molecular formula is C19H22N2O5. The van der Waals surface area contributed by atoms with Gasteiger partial charge in [-0.2, -0.15) is 5.06 Å². The lowest BCUT2D eigenvalue weighted by Crippen LogP contribution is -2.66. The fourth-order valence-electron chi connectivity index (χ4n) is 5.57. The van der Waals surface area contributed by atoms with Gasteiger partial charge in [0.05, 0.1) is 25.4 Å². The van der Waals surface area contributed by atoms with Gasteiger partial charge in [0, 0.05) is 11.6 Å². The summed E-state index contributed by atoms with van der Waals surface area (Å²) >= 11 is 0. The predicted molar refractivity (Wildman–Crippen MR) is 92.9 cm³/mol. The molecule has 1 spiro atoms. The Labute approximate surface area is 151 Å². The number of aliphatic imine (C=N–C) groups is 1. The summed E-state index contributed by atoms with van der Waals surface area (Å²) in [4.78, 5) is 23.5. The first kappa shape index (κ1) is 16.4. The highest BCUT2D eigenvalue weighted by Crippen LogP contribution is 2.57. The normalized spacial score (nSPS) is 43.0. The molecule has 4 heterocycles. The van der Waals surface area contributed by atoms with Crippen LogP contribution >= 0.6 is 0 Å². The van der Waals surface area contributed by atoms with E-state index in [9.17, 15) is 15.0 Å². The second-order valence-electron chi connectivity index (χ2n) is 7.60. The van der Waals surface area contributed by atoms with E-state index in [1.807, 2.05) is 31.2 Å². The van der Waals surface area contributed by atoms with Gasteiger partial charge in [-0.3, -0.25) is 14.6 Å². The smallest absolute Gasteiger partial charge is 0.264 e. The minimum Gasteiger partial charge on any atom is -0.387 e. The molecule has 0 aromatic heterocycles. The van der Waals surface area contributed by atoms with Gasteiger partial charge in [0.15, 0.2) is 0 Å². The summed E-state index contributed by atoms with van der Waals surface area (Å²) in [5, 5.41) is 23.9. The number of carbonyl (C=O) groups is 1. The lowest BCUT2D eigenvalue weighted by Gasteiger charge is -2.46. The standard InChI is InChI=1S/C19H22N2O5/c1-3-14-19(24)11-9-26-16(15(19)22)18(8-12(11)20-14)10-6-4-5-7-13(10)21(25-2)17(18)23/h4-7,11-12,15-16,22,24H,3,8-9H2,1-2H3/t11-,12-,15+,16-,18-,19-/m0/s1. The average molecular weight is 358 g/mol. The summed E-state index contributed by atoms with van der Waals surface area (Å²) in [5.74, 6) is -0.602. The van der Waals surface area contributed by atoms with Gasteiger partial charge in [0.25, 0.3) is 5.91 Å². The van der Waals surface area contributed by atoms with Crippen LogP contribution < -0.4 is 5.06 Å². The molecule has 4 bridgehead atoms. The van der Waals surface area contributed by atoms with Crippen LogP contribution in [0.2, 0.25) is 0 Å². The number of anilines is 1. The first-order valence-electron chi connectivity index (χ1n) is 9.07. The Kier molecular flexibility index (Phi) is 3.23. The third-order valence-electron chi connectivity index (χ3n) is 6.71. The van der Waals surface area contributed by atoms with Crippen molar-refractivity contribution in [2.75, 3.05) is 18.8 Å². The molecule has 1 aromatic carbocycles. The highest BCUT2D eigenvalue weighted by atomic mass is 16.7. The van der Waals surface area contributed by atoms with Crippen LogP contribution in [-0.2, 0) is 19.8 Å². The molecule has 26 heavy (non-hydrogen) atoms. The topological polar surface area (TPSA) is 91.6 Å². The monoisotopic (exact) mass is 358 g/mol. The molecule has 1 aromatic rings. The summed E-state index contributed by atoms with van der Waals surface area (Å²) in [6, 6.07) is 7.14. The van der Waals surface area contributed by atoms with Crippen LogP contribution in [0.15, 0.2) is 29.3 Å². The molecule has 1 saturated carbocycles. The van der Waals surface area contributed by atoms with Crippen LogP contribution in [0.3, 0.4) is 0 Å². The zero-order valence-electron chi connectivity index (χ0n) is 14.8. The van der Waals surface area contributed by atoms with E-state index in [0.717, 1.165) is 5.56 Å². The number of benzene rings is 1. The quantitative estimate of drug-likeness (QED) is 0.807. The minimum atomic E-state index is -1.43. The van der Waals surface area contributed by atoms with E-state index in [2.05, 4.69) is 0 Å². The molecule has 5 aliphatic rings. The molecule has 4 aliphatic heterocycles. The molecule has 1 amide bonds. The van der Waals surface area contributed by atoms with Crippen molar-refractivity contribution in [3.8, 4) is 0 Å². The number of aliphatic hydroxyl groups excluding tert-OH is 1. The van der Waals surface area contributed by atoms with Crippen molar-refractivity contribution in [1.82, 2.24) is 0 Å². The maximum atomic E-state index is 13.5. The molecule has 1 aliphatic carbocycles. The number of fused-ring (bicyclic) bond motifs is 2. The Bertz CT molecular complexity index is 826. The summed E-state index contributed by atoms with van der Waals surface area (Å²) in [6.45, 7) is 2.20. The number of rotatable bonds is 2. The van der Waals surface area contributed by atoms with Crippen molar-refractivity contribution in [3.63, 3.8) is 0 Å². The Morgan fingerprint density at radius 1 is 1.42 bits per heavy atom. The third-order valence-corrected chi connectivity index (χ3v) is 6.71. The summed E-state index contributed by atoms with van der Waals surface area (Å²) < 4.78 is 6.02. The van der Waals surface area contributed by atoms with E-state index in [4.69, 9.17) is 14.6 Å². The maximum absolute atomic E-state index is 13.5. The first-order chi connectivity index (χ1) is 12.5. The zero-order chi connectivity index (χ0) is 18.3. The zero-order valence-corrected chi connectivity index (χ0v) is 14.8. The Balaban J connectivity index is 1.75. The number of aliphatic hydroxyl groups is 2. The number of hydrogen-bond acceptors (Lipinski definition) is 6. The number of para-hydroxylation sites is 1. The number of ether oxygens (including phenoxy) is 1. The van der Waals surface area contributed by atoms with E-state index in [-0.39, 0.29) is 24.5 Å². The number of nitrogens with zero attached hydrogens (tertiary/aromatic N) is 2. The SMILES string of the molecule is CCC1=N[C@H]2C[C@@]3(C(=O)N(OC)c4ccccc43)[C@H]3OC[C@@H]2[C@@]1(O)[C@@H]3O. The van der Waals surface area contributed by atoms with Gasteiger partial charge >= 0.3 is 0 Å². The number of hydrogen-bond donors (Lipinski definition) is 2. The molecule has 138 valence electrons. The van der Waals surface area contributed by atoms with Crippen LogP contribution in [0, 0.1) is 5.92 Å². The Hall–Kier alpha value is -1.80. The van der Waals surface area contributed by atoms with Crippen LogP contribution in [-0.4, -0.2) is 59.4 Å². The molecule has 6 rings (SSSR count). The molecule has 2 saturated heterocycles. The fraction of sp³-hybridized carbons (Fsp3) is 0.579.